The molecule has 196 valence electrons. The Morgan fingerprint density at radius 1 is 1.06 bits per heavy atom. The molecule has 5 nitrogen and oxygen atoms in total. The first-order chi connectivity index (χ1) is 16.5. The number of allylic oxidation sites excluding steroid dienone is 1. The van der Waals surface area contributed by atoms with Gasteiger partial charge in [0.2, 0.25) is 0 Å². The summed E-state index contributed by atoms with van der Waals surface area (Å²) in [7, 11) is 1.84. The molecule has 34 heavy (non-hydrogen) atoms. The van der Waals surface area contributed by atoms with Gasteiger partial charge in [0, 0.05) is 45.2 Å². The Morgan fingerprint density at radius 2 is 1.65 bits per heavy atom. The average molecular weight is 475 g/mol. The molecule has 1 heterocycles. The Kier molecular flexibility index (Phi) is 13.6. The summed E-state index contributed by atoms with van der Waals surface area (Å²) >= 11 is 0. The second-order valence-corrected chi connectivity index (χ2v) is 11.2. The Labute approximate surface area is 211 Å². The molecule has 1 atom stereocenters. The molecule has 1 aliphatic heterocycles. The summed E-state index contributed by atoms with van der Waals surface area (Å²) in [6.45, 7) is 14.6. The van der Waals surface area contributed by atoms with Crippen LogP contribution in [0.4, 0.5) is 0 Å². The molecule has 2 N–H and O–H groups in total. The molecule has 0 spiro atoms. The van der Waals surface area contributed by atoms with Crippen LogP contribution in [-0.2, 0) is 4.74 Å². The second kappa shape index (κ2) is 15.8. The van der Waals surface area contributed by atoms with Gasteiger partial charge in [0.25, 0.3) is 0 Å². The predicted molar refractivity (Wildman–Crippen MR) is 143 cm³/mol. The molecule has 0 aromatic rings. The fraction of sp³-hybridized carbons (Fsp3) is 0.897. The van der Waals surface area contributed by atoms with Crippen molar-refractivity contribution in [3.8, 4) is 6.07 Å². The van der Waals surface area contributed by atoms with Crippen molar-refractivity contribution in [2.45, 2.75) is 91.4 Å². The molecule has 4 aliphatic rings. The van der Waals surface area contributed by atoms with Crippen molar-refractivity contribution in [1.29, 1.82) is 5.26 Å². The highest BCUT2D eigenvalue weighted by Gasteiger charge is 2.41. The largest absolute Gasteiger partial charge is 0.501 e. The summed E-state index contributed by atoms with van der Waals surface area (Å²) < 4.78 is 5.65. The Morgan fingerprint density at radius 3 is 2.09 bits per heavy atom. The van der Waals surface area contributed by atoms with E-state index in [1.807, 2.05) is 7.11 Å². The minimum Gasteiger partial charge on any atom is -0.501 e. The van der Waals surface area contributed by atoms with Crippen LogP contribution in [0.2, 0.25) is 0 Å². The first kappa shape index (κ1) is 29.1. The van der Waals surface area contributed by atoms with E-state index in [2.05, 4.69) is 42.7 Å². The number of rotatable bonds is 9. The summed E-state index contributed by atoms with van der Waals surface area (Å²) in [6.07, 6.45) is 16.8. The Balaban J connectivity index is 0.000000309. The molecule has 0 bridgehead atoms. The van der Waals surface area contributed by atoms with E-state index in [0.29, 0.717) is 12.5 Å². The first-order valence-electron chi connectivity index (χ1n) is 14.3. The van der Waals surface area contributed by atoms with E-state index >= 15 is 0 Å². The maximum Gasteiger partial charge on any atom is 0.0959 e. The van der Waals surface area contributed by atoms with Gasteiger partial charge in [-0.25, -0.2) is 0 Å². The van der Waals surface area contributed by atoms with E-state index in [4.69, 9.17) is 15.7 Å². The minimum absolute atomic E-state index is 0.0226. The molecule has 4 fully saturated rings. The van der Waals surface area contributed by atoms with Crippen LogP contribution in [0.25, 0.3) is 0 Å². The first-order valence-corrected chi connectivity index (χ1v) is 14.3. The van der Waals surface area contributed by atoms with Gasteiger partial charge in [0.1, 0.15) is 0 Å². The fourth-order valence-corrected chi connectivity index (χ4v) is 5.24. The standard InChI is InChI=1S/C20H36N2O.C6H10N2.C3H8/c1-17(19-8-9-19)20(23-2)10-11-21-12-14-22(15-13-21)16-18-6-4-3-5-7-18;7-4-3-6(5-8)1-2-6;1-3-2/h10,17-19H,3-9,11-16H2,1-2H3;1-4,7H2;3H2,1-2H3/b20-10+;;/t17-;;/m1../s1. The molecule has 0 aromatic heterocycles. The zero-order chi connectivity index (χ0) is 24.8. The van der Waals surface area contributed by atoms with Crippen molar-refractivity contribution in [2.24, 2.45) is 28.9 Å². The lowest BCUT2D eigenvalue weighted by Gasteiger charge is -2.37. The molecule has 0 aromatic carbocycles. The molecule has 3 aliphatic carbocycles. The predicted octanol–water partition coefficient (Wildman–Crippen LogP) is 5.82. The highest BCUT2D eigenvalue weighted by atomic mass is 16.5. The third-order valence-corrected chi connectivity index (χ3v) is 7.98. The van der Waals surface area contributed by atoms with Crippen LogP contribution in [-0.4, -0.2) is 62.7 Å². The van der Waals surface area contributed by atoms with Gasteiger partial charge in [-0.3, -0.25) is 4.90 Å². The monoisotopic (exact) mass is 474 g/mol. The Hall–Kier alpha value is -1.09. The zero-order valence-electron chi connectivity index (χ0n) is 22.9. The van der Waals surface area contributed by atoms with Gasteiger partial charge in [0.15, 0.2) is 0 Å². The van der Waals surface area contributed by atoms with Gasteiger partial charge < -0.3 is 15.4 Å². The normalized spacial score (nSPS) is 24.1. The summed E-state index contributed by atoms with van der Waals surface area (Å²) in [4.78, 5) is 5.30. The molecule has 1 saturated heterocycles. The average Bonchev–Trinajstić information content (AvgIpc) is 3.78. The fourth-order valence-electron chi connectivity index (χ4n) is 5.24. The van der Waals surface area contributed by atoms with Crippen LogP contribution in [0.3, 0.4) is 0 Å². The number of nitrogens with zero attached hydrogens (tertiary/aromatic N) is 3. The number of nitriles is 1. The smallest absolute Gasteiger partial charge is 0.0959 e. The number of hydrogen-bond acceptors (Lipinski definition) is 5. The van der Waals surface area contributed by atoms with E-state index in [1.165, 1.54) is 89.8 Å². The molecule has 0 unspecified atom stereocenters. The van der Waals surface area contributed by atoms with Crippen LogP contribution in [0.1, 0.15) is 91.4 Å². The number of methoxy groups -OCH3 is 1. The summed E-state index contributed by atoms with van der Waals surface area (Å²) in [6, 6.07) is 2.27. The Bertz CT molecular complexity index is 606. The molecular formula is C29H54N4O. The van der Waals surface area contributed by atoms with Crippen LogP contribution in [0.5, 0.6) is 0 Å². The number of hydrogen-bond donors (Lipinski definition) is 1. The van der Waals surface area contributed by atoms with Gasteiger partial charge in [-0.15, -0.1) is 0 Å². The second-order valence-electron chi connectivity index (χ2n) is 11.2. The van der Waals surface area contributed by atoms with Crippen molar-refractivity contribution in [3.05, 3.63) is 11.8 Å². The van der Waals surface area contributed by atoms with Crippen LogP contribution in [0.15, 0.2) is 11.8 Å². The number of piperazine rings is 1. The SMILES string of the molecule is CCC.CO/C(=C/CN1CCN(CC2CCCCC2)CC1)[C@H](C)C1CC1.N#CC1(CCN)CC1. The maximum absolute atomic E-state index is 8.48. The molecule has 0 radical (unpaired) electrons. The lowest BCUT2D eigenvalue weighted by molar-refractivity contribution is 0.116. The van der Waals surface area contributed by atoms with Gasteiger partial charge in [-0.05, 0) is 69.4 Å². The lowest BCUT2D eigenvalue weighted by Crippen LogP contribution is -2.47. The van der Waals surface area contributed by atoms with Crippen LogP contribution < -0.4 is 5.73 Å². The van der Waals surface area contributed by atoms with Crippen LogP contribution >= 0.6 is 0 Å². The molecule has 0 amide bonds. The quantitative estimate of drug-likeness (QED) is 0.427. The molecule has 5 heteroatoms. The third kappa shape index (κ3) is 10.7. The zero-order valence-corrected chi connectivity index (χ0v) is 22.9. The van der Waals surface area contributed by atoms with E-state index < -0.39 is 0 Å². The van der Waals surface area contributed by atoms with Crippen molar-refractivity contribution in [1.82, 2.24) is 9.80 Å². The highest BCUT2D eigenvalue weighted by molar-refractivity contribution is 5.09. The van der Waals surface area contributed by atoms with Crippen molar-refractivity contribution in [2.75, 3.05) is 52.9 Å². The highest BCUT2D eigenvalue weighted by Crippen LogP contribution is 2.47. The minimum atomic E-state index is 0.0226. The van der Waals surface area contributed by atoms with E-state index in [-0.39, 0.29) is 5.41 Å². The van der Waals surface area contributed by atoms with Gasteiger partial charge in [0.05, 0.1) is 24.4 Å². The van der Waals surface area contributed by atoms with Crippen molar-refractivity contribution in [3.63, 3.8) is 0 Å². The van der Waals surface area contributed by atoms with Crippen molar-refractivity contribution < 1.29 is 4.74 Å². The van der Waals surface area contributed by atoms with Gasteiger partial charge >= 0.3 is 0 Å². The summed E-state index contributed by atoms with van der Waals surface area (Å²) in [5.41, 5.74) is 5.30. The van der Waals surface area contributed by atoms with Gasteiger partial charge in [-0.2, -0.15) is 5.26 Å². The van der Waals surface area contributed by atoms with Crippen molar-refractivity contribution >= 4 is 0 Å². The maximum atomic E-state index is 8.48. The topological polar surface area (TPSA) is 65.5 Å². The van der Waals surface area contributed by atoms with Gasteiger partial charge in [-0.1, -0.05) is 46.5 Å². The summed E-state index contributed by atoms with van der Waals surface area (Å²) in [5, 5.41) is 8.48. The summed E-state index contributed by atoms with van der Waals surface area (Å²) in [5.74, 6) is 3.70. The molecular weight excluding hydrogens is 420 g/mol. The van der Waals surface area contributed by atoms with E-state index in [1.54, 1.807) is 0 Å². The number of nitrogens with two attached hydrogens (primary N) is 1. The molecule has 3 saturated carbocycles. The van der Waals surface area contributed by atoms with E-state index in [9.17, 15) is 0 Å². The third-order valence-electron chi connectivity index (χ3n) is 7.98. The lowest BCUT2D eigenvalue weighted by atomic mass is 9.89. The molecule has 4 rings (SSSR count). The van der Waals surface area contributed by atoms with Crippen LogP contribution in [0, 0.1) is 34.5 Å². The van der Waals surface area contributed by atoms with E-state index in [0.717, 1.165) is 37.6 Å². The number of ether oxygens (including phenoxy) is 1.